The number of halogens is 2. The third-order valence-corrected chi connectivity index (χ3v) is 2.06. The molecule has 1 heterocycles. The fourth-order valence-electron chi connectivity index (χ4n) is 1.23. The lowest BCUT2D eigenvalue weighted by Gasteiger charge is -2.01. The van der Waals surface area contributed by atoms with E-state index in [1.165, 1.54) is 0 Å². The quantitative estimate of drug-likeness (QED) is 0.840. The molecule has 0 aliphatic heterocycles. The van der Waals surface area contributed by atoms with Crippen molar-refractivity contribution in [2.24, 2.45) is 0 Å². The number of benzene rings is 1. The van der Waals surface area contributed by atoms with Crippen molar-refractivity contribution in [3.63, 3.8) is 0 Å². The van der Waals surface area contributed by atoms with E-state index in [0.717, 1.165) is 18.2 Å². The summed E-state index contributed by atoms with van der Waals surface area (Å²) in [5.74, 6) is -5.07. The number of aromatic nitrogens is 1. The highest BCUT2D eigenvalue weighted by Gasteiger charge is 2.19. The van der Waals surface area contributed by atoms with Gasteiger partial charge in [0.1, 0.15) is 0 Å². The van der Waals surface area contributed by atoms with Crippen molar-refractivity contribution in [2.75, 3.05) is 0 Å². The molecule has 17 heavy (non-hydrogen) atoms. The Morgan fingerprint density at radius 3 is 2.65 bits per heavy atom. The Labute approximate surface area is 92.9 Å². The van der Waals surface area contributed by atoms with E-state index >= 15 is 0 Å². The van der Waals surface area contributed by atoms with Gasteiger partial charge in [-0.2, -0.15) is 0 Å². The van der Waals surface area contributed by atoms with Crippen molar-refractivity contribution in [2.45, 2.75) is 0 Å². The average molecular weight is 241 g/mol. The molecular formula is C10H5F2NO4. The number of nitrogens with zero attached hydrogens (tertiary/aromatic N) is 1. The largest absolute Gasteiger partial charge is 0.503 e. The highest BCUT2D eigenvalue weighted by Crippen LogP contribution is 2.30. The third-order valence-electron chi connectivity index (χ3n) is 2.06. The molecule has 2 rings (SSSR count). The first-order valence-electron chi connectivity index (χ1n) is 4.38. The minimum absolute atomic E-state index is 0.213. The third kappa shape index (κ3) is 1.82. The van der Waals surface area contributed by atoms with Crippen LogP contribution in [0.4, 0.5) is 8.78 Å². The first kappa shape index (κ1) is 11.1. The summed E-state index contributed by atoms with van der Waals surface area (Å²) in [5, 5.41) is 20.8. The molecule has 0 saturated carbocycles. The number of phenols is 1. The van der Waals surface area contributed by atoms with E-state index < -0.39 is 29.0 Å². The van der Waals surface area contributed by atoms with Crippen LogP contribution in [0, 0.1) is 11.6 Å². The summed E-state index contributed by atoms with van der Waals surface area (Å²) in [4.78, 5) is 10.5. The van der Waals surface area contributed by atoms with Crippen LogP contribution in [0.5, 0.6) is 5.75 Å². The smallest absolute Gasteiger partial charge is 0.358 e. The summed E-state index contributed by atoms with van der Waals surface area (Å²) in [6, 6.07) is 2.81. The van der Waals surface area contributed by atoms with E-state index in [1.807, 2.05) is 0 Å². The lowest BCUT2D eigenvalue weighted by Crippen LogP contribution is -1.94. The van der Waals surface area contributed by atoms with Gasteiger partial charge in [0.2, 0.25) is 0 Å². The van der Waals surface area contributed by atoms with Gasteiger partial charge in [0, 0.05) is 6.07 Å². The molecule has 0 bridgehead atoms. The van der Waals surface area contributed by atoms with Crippen LogP contribution in [0.3, 0.4) is 0 Å². The van der Waals surface area contributed by atoms with E-state index in [-0.39, 0.29) is 11.3 Å². The normalized spacial score (nSPS) is 10.5. The van der Waals surface area contributed by atoms with E-state index in [4.69, 9.17) is 10.2 Å². The molecule has 7 heteroatoms. The summed E-state index contributed by atoms with van der Waals surface area (Å²) in [5.41, 5.74) is -0.688. The number of phenolic OH excluding ortho intramolecular Hbond substituents is 1. The van der Waals surface area contributed by atoms with E-state index in [9.17, 15) is 13.6 Å². The molecule has 1 aromatic heterocycles. The van der Waals surface area contributed by atoms with Crippen molar-refractivity contribution in [3.05, 3.63) is 35.5 Å². The fraction of sp³-hybridized carbons (Fsp3) is 0. The minimum Gasteiger partial charge on any atom is -0.503 e. The molecule has 0 aliphatic rings. The van der Waals surface area contributed by atoms with Gasteiger partial charge in [-0.15, -0.1) is 0 Å². The molecule has 0 radical (unpaired) electrons. The van der Waals surface area contributed by atoms with Gasteiger partial charge < -0.3 is 14.7 Å². The van der Waals surface area contributed by atoms with Crippen LogP contribution in [0.2, 0.25) is 0 Å². The van der Waals surface area contributed by atoms with Gasteiger partial charge in [-0.05, 0) is 12.1 Å². The van der Waals surface area contributed by atoms with Crippen LogP contribution < -0.4 is 0 Å². The molecule has 5 nitrogen and oxygen atoms in total. The van der Waals surface area contributed by atoms with Crippen molar-refractivity contribution < 1.29 is 28.3 Å². The van der Waals surface area contributed by atoms with Crippen LogP contribution in [-0.2, 0) is 0 Å². The van der Waals surface area contributed by atoms with Gasteiger partial charge in [-0.3, -0.25) is 0 Å². The summed E-state index contributed by atoms with van der Waals surface area (Å²) >= 11 is 0. The molecule has 0 spiro atoms. The molecule has 0 aliphatic carbocycles. The van der Waals surface area contributed by atoms with Gasteiger partial charge >= 0.3 is 5.97 Å². The van der Waals surface area contributed by atoms with Crippen molar-refractivity contribution >= 4 is 5.97 Å². The zero-order valence-corrected chi connectivity index (χ0v) is 8.15. The predicted molar refractivity (Wildman–Crippen MR) is 50.5 cm³/mol. The number of hydrogen-bond donors (Lipinski definition) is 2. The zero-order chi connectivity index (χ0) is 12.6. The fourth-order valence-corrected chi connectivity index (χ4v) is 1.23. The Hall–Kier alpha value is -2.44. The maximum absolute atomic E-state index is 13.4. The molecule has 0 amide bonds. The molecule has 0 fully saturated rings. The molecule has 2 N–H and O–H groups in total. The average Bonchev–Trinajstić information content (AvgIpc) is 2.75. The summed E-state index contributed by atoms with van der Waals surface area (Å²) in [6.45, 7) is 0. The molecule has 1 aromatic carbocycles. The van der Waals surface area contributed by atoms with Crippen molar-refractivity contribution in [1.82, 2.24) is 5.16 Å². The van der Waals surface area contributed by atoms with Crippen LogP contribution in [0.15, 0.2) is 22.7 Å². The standard InChI is InChI=1S/C10H5F2NO4/c11-5-2-1-4(8(12)9(5)14)7-3-6(10(15)16)13-17-7/h1-3,14H,(H,15,16). The Balaban J connectivity index is 2.53. The first-order chi connectivity index (χ1) is 8.00. The zero-order valence-electron chi connectivity index (χ0n) is 8.15. The maximum Gasteiger partial charge on any atom is 0.358 e. The topological polar surface area (TPSA) is 83.6 Å². The number of aromatic hydroxyl groups is 1. The second-order valence-corrected chi connectivity index (χ2v) is 3.14. The van der Waals surface area contributed by atoms with Crippen LogP contribution in [-0.4, -0.2) is 21.3 Å². The predicted octanol–water partition coefficient (Wildman–Crippen LogP) is 2.02. The van der Waals surface area contributed by atoms with E-state index in [0.29, 0.717) is 0 Å². The molecule has 0 atom stereocenters. The highest BCUT2D eigenvalue weighted by molar-refractivity contribution is 5.86. The number of carbonyl (C=O) groups is 1. The first-order valence-corrected chi connectivity index (χ1v) is 4.38. The van der Waals surface area contributed by atoms with Crippen LogP contribution >= 0.6 is 0 Å². The Morgan fingerprint density at radius 2 is 2.06 bits per heavy atom. The molecule has 88 valence electrons. The SMILES string of the molecule is O=C(O)c1cc(-c2ccc(F)c(O)c2F)on1. The molecule has 0 unspecified atom stereocenters. The summed E-state index contributed by atoms with van der Waals surface area (Å²) < 4.78 is 30.8. The lowest BCUT2D eigenvalue weighted by molar-refractivity contribution is 0.0686. The summed E-state index contributed by atoms with van der Waals surface area (Å²) in [7, 11) is 0. The number of aromatic carboxylic acids is 1. The summed E-state index contributed by atoms with van der Waals surface area (Å²) in [6.07, 6.45) is 0. The van der Waals surface area contributed by atoms with E-state index in [1.54, 1.807) is 0 Å². The number of carboxylic acids is 1. The van der Waals surface area contributed by atoms with Crippen molar-refractivity contribution in [3.8, 4) is 17.1 Å². The van der Waals surface area contributed by atoms with Crippen LogP contribution in [0.25, 0.3) is 11.3 Å². The second-order valence-electron chi connectivity index (χ2n) is 3.14. The second kappa shape index (κ2) is 3.85. The maximum atomic E-state index is 13.4. The number of hydrogen-bond acceptors (Lipinski definition) is 4. The van der Waals surface area contributed by atoms with Crippen molar-refractivity contribution in [1.29, 1.82) is 0 Å². The van der Waals surface area contributed by atoms with Crippen LogP contribution in [0.1, 0.15) is 10.5 Å². The van der Waals surface area contributed by atoms with Gasteiger partial charge in [-0.25, -0.2) is 13.6 Å². The van der Waals surface area contributed by atoms with Gasteiger partial charge in [0.15, 0.2) is 28.8 Å². The van der Waals surface area contributed by atoms with Gasteiger partial charge in [-0.1, -0.05) is 5.16 Å². The molecule has 2 aromatic rings. The van der Waals surface area contributed by atoms with Gasteiger partial charge in [0.05, 0.1) is 5.56 Å². The van der Waals surface area contributed by atoms with Gasteiger partial charge in [0.25, 0.3) is 0 Å². The Kier molecular flexibility index (Phi) is 2.51. The number of rotatable bonds is 2. The van der Waals surface area contributed by atoms with E-state index in [2.05, 4.69) is 9.68 Å². The molecule has 0 saturated heterocycles. The monoisotopic (exact) mass is 241 g/mol. The highest BCUT2D eigenvalue weighted by atomic mass is 19.1. The lowest BCUT2D eigenvalue weighted by atomic mass is 10.1. The Morgan fingerprint density at radius 1 is 1.35 bits per heavy atom. The number of carboxylic acid groups (broad SMARTS) is 1. The Bertz CT molecular complexity index is 594. The molecular weight excluding hydrogens is 236 g/mol. The minimum atomic E-state index is -1.34.